The highest BCUT2D eigenvalue weighted by molar-refractivity contribution is 9.10. The van der Waals surface area contributed by atoms with E-state index in [0.29, 0.717) is 6.42 Å². The predicted molar refractivity (Wildman–Crippen MR) is 71.2 cm³/mol. The van der Waals surface area contributed by atoms with Crippen LogP contribution in [0.4, 0.5) is 0 Å². The van der Waals surface area contributed by atoms with Crippen LogP contribution < -0.4 is 0 Å². The van der Waals surface area contributed by atoms with E-state index in [9.17, 15) is 4.79 Å². The molecular weight excluding hydrogens is 302 g/mol. The van der Waals surface area contributed by atoms with Gasteiger partial charge in [-0.1, -0.05) is 34.1 Å². The first kappa shape index (κ1) is 12.3. The zero-order valence-corrected chi connectivity index (χ0v) is 11.3. The van der Waals surface area contributed by atoms with Gasteiger partial charge in [0.2, 0.25) is 0 Å². The number of halogens is 1. The number of aliphatic carboxylic acids is 1. The number of carboxylic acids is 1. The van der Waals surface area contributed by atoms with Crippen LogP contribution >= 0.6 is 27.3 Å². The first-order chi connectivity index (χ1) is 8.16. The lowest BCUT2D eigenvalue weighted by Gasteiger charge is -1.99. The second-order valence-corrected chi connectivity index (χ2v) is 5.30. The topological polar surface area (TPSA) is 50.2 Å². The van der Waals surface area contributed by atoms with E-state index in [4.69, 9.17) is 5.11 Å². The first-order valence-electron chi connectivity index (χ1n) is 5.08. The Morgan fingerprint density at radius 3 is 2.88 bits per heavy atom. The molecule has 0 amide bonds. The van der Waals surface area contributed by atoms with Crippen LogP contribution in [0.5, 0.6) is 0 Å². The van der Waals surface area contributed by atoms with Crippen molar-refractivity contribution in [1.29, 1.82) is 0 Å². The molecule has 1 aromatic carbocycles. The number of carboxylic acid groups (broad SMARTS) is 1. The van der Waals surface area contributed by atoms with Crippen molar-refractivity contribution in [2.24, 2.45) is 0 Å². The summed E-state index contributed by atoms with van der Waals surface area (Å²) in [7, 11) is 0. The van der Waals surface area contributed by atoms with Crippen molar-refractivity contribution in [3.8, 4) is 11.3 Å². The van der Waals surface area contributed by atoms with Gasteiger partial charge in [-0.05, 0) is 6.07 Å². The van der Waals surface area contributed by atoms with Gasteiger partial charge in [0.05, 0.1) is 17.1 Å². The third-order valence-corrected chi connectivity index (χ3v) is 3.85. The molecule has 0 aliphatic rings. The normalized spacial score (nSPS) is 10.4. The van der Waals surface area contributed by atoms with E-state index in [1.165, 1.54) is 11.3 Å². The Hall–Kier alpha value is -1.20. The van der Waals surface area contributed by atoms with Gasteiger partial charge in [-0.3, -0.25) is 4.79 Å². The minimum Gasteiger partial charge on any atom is -0.481 e. The molecule has 2 rings (SSSR count). The van der Waals surface area contributed by atoms with Crippen molar-refractivity contribution in [2.75, 3.05) is 0 Å². The smallest absolute Gasteiger partial charge is 0.303 e. The van der Waals surface area contributed by atoms with Crippen LogP contribution in [0, 0.1) is 0 Å². The fourth-order valence-corrected chi connectivity index (χ4v) is 2.72. The molecule has 1 aromatic heterocycles. The first-order valence-corrected chi connectivity index (χ1v) is 6.75. The summed E-state index contributed by atoms with van der Waals surface area (Å²) in [5.41, 5.74) is 1.92. The Bertz CT molecular complexity index is 539. The molecule has 2 aromatic rings. The van der Waals surface area contributed by atoms with Crippen molar-refractivity contribution in [3.63, 3.8) is 0 Å². The number of aromatic nitrogens is 1. The molecule has 0 aliphatic carbocycles. The van der Waals surface area contributed by atoms with Crippen molar-refractivity contribution < 1.29 is 9.90 Å². The van der Waals surface area contributed by atoms with E-state index < -0.39 is 5.97 Å². The average Bonchev–Trinajstić information content (AvgIpc) is 2.75. The molecule has 0 unspecified atom stereocenters. The highest BCUT2D eigenvalue weighted by Crippen LogP contribution is 2.29. The van der Waals surface area contributed by atoms with Crippen LogP contribution in [0.15, 0.2) is 34.1 Å². The molecule has 0 spiro atoms. The van der Waals surface area contributed by atoms with Gasteiger partial charge in [-0.25, -0.2) is 4.98 Å². The third-order valence-electron chi connectivity index (χ3n) is 2.25. The Morgan fingerprint density at radius 2 is 2.18 bits per heavy atom. The van der Waals surface area contributed by atoms with Gasteiger partial charge in [-0.2, -0.15) is 0 Å². The second-order valence-electron chi connectivity index (χ2n) is 3.50. The maximum atomic E-state index is 10.5. The molecule has 88 valence electrons. The van der Waals surface area contributed by atoms with Crippen molar-refractivity contribution >= 4 is 33.2 Å². The summed E-state index contributed by atoms with van der Waals surface area (Å²) in [6, 6.07) is 7.85. The van der Waals surface area contributed by atoms with Gasteiger partial charge in [0.1, 0.15) is 0 Å². The molecule has 0 bridgehead atoms. The SMILES string of the molecule is O=C(O)CCc1nc(-c2ccccc2Br)cs1. The standard InChI is InChI=1S/C12H10BrNO2S/c13-9-4-2-1-3-8(9)10-7-17-11(14-10)5-6-12(15)16/h1-4,7H,5-6H2,(H,15,16). The summed E-state index contributed by atoms with van der Waals surface area (Å²) < 4.78 is 0.995. The van der Waals surface area contributed by atoms with Crippen LogP contribution in [0.2, 0.25) is 0 Å². The minimum atomic E-state index is -0.789. The number of hydrogen-bond acceptors (Lipinski definition) is 3. The lowest BCUT2D eigenvalue weighted by molar-refractivity contribution is -0.136. The minimum absolute atomic E-state index is 0.128. The van der Waals surface area contributed by atoms with E-state index in [0.717, 1.165) is 20.7 Å². The van der Waals surface area contributed by atoms with E-state index in [-0.39, 0.29) is 6.42 Å². The molecule has 0 fully saturated rings. The highest BCUT2D eigenvalue weighted by atomic mass is 79.9. The van der Waals surface area contributed by atoms with Crippen LogP contribution in [-0.4, -0.2) is 16.1 Å². The predicted octanol–water partition coefficient (Wildman–Crippen LogP) is 3.59. The van der Waals surface area contributed by atoms with Gasteiger partial charge in [0, 0.05) is 21.8 Å². The lowest BCUT2D eigenvalue weighted by atomic mass is 10.2. The number of hydrogen-bond donors (Lipinski definition) is 1. The molecule has 1 N–H and O–H groups in total. The molecule has 0 atom stereocenters. The van der Waals surface area contributed by atoms with Crippen LogP contribution in [0.1, 0.15) is 11.4 Å². The molecule has 0 saturated heterocycles. The summed E-state index contributed by atoms with van der Waals surface area (Å²) in [6.07, 6.45) is 0.618. The lowest BCUT2D eigenvalue weighted by Crippen LogP contribution is -1.96. The fraction of sp³-hybridized carbons (Fsp3) is 0.167. The monoisotopic (exact) mass is 311 g/mol. The van der Waals surface area contributed by atoms with Crippen molar-refractivity contribution in [3.05, 3.63) is 39.1 Å². The highest BCUT2D eigenvalue weighted by Gasteiger charge is 2.08. The number of rotatable bonds is 4. The number of aryl methyl sites for hydroxylation is 1. The van der Waals surface area contributed by atoms with E-state index >= 15 is 0 Å². The molecule has 0 aliphatic heterocycles. The van der Waals surface area contributed by atoms with Gasteiger partial charge in [-0.15, -0.1) is 11.3 Å². The molecule has 0 radical (unpaired) electrons. The Labute approximate surface area is 111 Å². The van der Waals surface area contributed by atoms with Gasteiger partial charge < -0.3 is 5.11 Å². The Balaban J connectivity index is 2.18. The number of thiazole rings is 1. The molecule has 17 heavy (non-hydrogen) atoms. The molecule has 1 heterocycles. The quantitative estimate of drug-likeness (QED) is 0.938. The maximum Gasteiger partial charge on any atom is 0.303 e. The summed E-state index contributed by atoms with van der Waals surface area (Å²) in [5.74, 6) is -0.789. The summed E-state index contributed by atoms with van der Waals surface area (Å²) in [4.78, 5) is 14.9. The largest absolute Gasteiger partial charge is 0.481 e. The van der Waals surface area contributed by atoms with Gasteiger partial charge in [0.15, 0.2) is 0 Å². The number of carbonyl (C=O) groups is 1. The molecule has 0 saturated carbocycles. The Kier molecular flexibility index (Phi) is 3.91. The zero-order chi connectivity index (χ0) is 12.3. The maximum absolute atomic E-state index is 10.5. The van der Waals surface area contributed by atoms with Crippen LogP contribution in [0.25, 0.3) is 11.3 Å². The molecular formula is C12H10BrNO2S. The van der Waals surface area contributed by atoms with E-state index in [2.05, 4.69) is 20.9 Å². The molecule has 3 nitrogen and oxygen atoms in total. The summed E-state index contributed by atoms with van der Waals surface area (Å²) in [6.45, 7) is 0. The number of benzene rings is 1. The second kappa shape index (κ2) is 5.42. The Morgan fingerprint density at radius 1 is 1.41 bits per heavy atom. The third kappa shape index (κ3) is 3.14. The average molecular weight is 312 g/mol. The van der Waals surface area contributed by atoms with Crippen LogP contribution in [-0.2, 0) is 11.2 Å². The van der Waals surface area contributed by atoms with Crippen molar-refractivity contribution in [1.82, 2.24) is 4.98 Å². The summed E-state index contributed by atoms with van der Waals surface area (Å²) >= 11 is 4.97. The van der Waals surface area contributed by atoms with Crippen LogP contribution in [0.3, 0.4) is 0 Å². The zero-order valence-electron chi connectivity index (χ0n) is 8.89. The fourth-order valence-electron chi connectivity index (χ4n) is 1.43. The number of nitrogens with zero attached hydrogens (tertiary/aromatic N) is 1. The molecule has 5 heteroatoms. The van der Waals surface area contributed by atoms with E-state index in [1.807, 2.05) is 29.6 Å². The summed E-state index contributed by atoms with van der Waals surface area (Å²) in [5, 5.41) is 11.4. The van der Waals surface area contributed by atoms with Gasteiger partial charge >= 0.3 is 5.97 Å². The van der Waals surface area contributed by atoms with Gasteiger partial charge in [0.25, 0.3) is 0 Å². The van der Waals surface area contributed by atoms with Crippen molar-refractivity contribution in [2.45, 2.75) is 12.8 Å². The van der Waals surface area contributed by atoms with E-state index in [1.54, 1.807) is 0 Å².